The van der Waals surface area contributed by atoms with Gasteiger partial charge >= 0.3 is 0 Å². The summed E-state index contributed by atoms with van der Waals surface area (Å²) in [4.78, 5) is 25.4. The highest BCUT2D eigenvalue weighted by atomic mass is 32.2. The number of carbonyl (C=O) groups excluding carboxylic acids is 2. The molecule has 0 spiro atoms. The minimum absolute atomic E-state index is 0.0275. The topological polar surface area (TPSA) is 58.2 Å². The average Bonchev–Trinajstić information content (AvgIpc) is 2.63. The molecule has 1 atom stereocenters. The number of benzene rings is 2. The maximum absolute atomic E-state index is 12.6. The summed E-state index contributed by atoms with van der Waals surface area (Å²) in [6, 6.07) is 13.7. The molecule has 0 aliphatic heterocycles. The Kier molecular flexibility index (Phi) is 7.92. The van der Waals surface area contributed by atoms with E-state index in [1.54, 1.807) is 0 Å². The van der Waals surface area contributed by atoms with Crippen LogP contribution in [0.5, 0.6) is 0 Å². The number of amides is 2. The molecule has 5 heteroatoms. The molecule has 27 heavy (non-hydrogen) atoms. The van der Waals surface area contributed by atoms with Gasteiger partial charge in [-0.1, -0.05) is 31.5 Å². The molecular weight excluding hydrogens is 356 g/mol. The third kappa shape index (κ3) is 6.75. The van der Waals surface area contributed by atoms with Gasteiger partial charge in [-0.3, -0.25) is 9.59 Å². The lowest BCUT2D eigenvalue weighted by atomic mass is 10.1. The monoisotopic (exact) mass is 384 g/mol. The minimum atomic E-state index is -0.254. The van der Waals surface area contributed by atoms with E-state index in [2.05, 4.69) is 17.6 Å². The molecule has 1 unspecified atom stereocenters. The Labute approximate surface area is 166 Å². The SMILES string of the molecule is CCCCC(=O)Nc1cccc(SC(C)C(=O)Nc2cc(C)ccc2C)c1. The highest BCUT2D eigenvalue weighted by Crippen LogP contribution is 2.27. The average molecular weight is 385 g/mol. The van der Waals surface area contributed by atoms with Crippen LogP contribution in [0.25, 0.3) is 0 Å². The van der Waals surface area contributed by atoms with E-state index < -0.39 is 0 Å². The second-order valence-corrected chi connectivity index (χ2v) is 8.16. The zero-order valence-corrected chi connectivity index (χ0v) is 17.3. The predicted molar refractivity (Wildman–Crippen MR) is 114 cm³/mol. The number of nitrogens with one attached hydrogen (secondary N) is 2. The molecule has 0 aliphatic rings. The van der Waals surface area contributed by atoms with E-state index in [9.17, 15) is 9.59 Å². The molecule has 4 nitrogen and oxygen atoms in total. The Morgan fingerprint density at radius 2 is 1.85 bits per heavy atom. The predicted octanol–water partition coefficient (Wildman–Crippen LogP) is 5.55. The first-order valence-electron chi connectivity index (χ1n) is 9.33. The number of aryl methyl sites for hydroxylation is 2. The molecule has 0 heterocycles. The third-order valence-electron chi connectivity index (χ3n) is 4.21. The van der Waals surface area contributed by atoms with Gasteiger partial charge < -0.3 is 10.6 Å². The molecule has 0 aromatic heterocycles. The van der Waals surface area contributed by atoms with Crippen LogP contribution < -0.4 is 10.6 Å². The van der Waals surface area contributed by atoms with Crippen LogP contribution in [0, 0.1) is 13.8 Å². The van der Waals surface area contributed by atoms with E-state index in [1.807, 2.05) is 63.2 Å². The molecule has 2 rings (SSSR count). The Morgan fingerprint density at radius 3 is 2.59 bits per heavy atom. The highest BCUT2D eigenvalue weighted by molar-refractivity contribution is 8.00. The lowest BCUT2D eigenvalue weighted by molar-refractivity contribution is -0.116. The van der Waals surface area contributed by atoms with Gasteiger partial charge in [0.1, 0.15) is 0 Å². The van der Waals surface area contributed by atoms with Crippen molar-refractivity contribution in [3.63, 3.8) is 0 Å². The number of hydrogen-bond donors (Lipinski definition) is 2. The normalized spacial score (nSPS) is 11.7. The third-order valence-corrected chi connectivity index (χ3v) is 5.30. The molecule has 144 valence electrons. The van der Waals surface area contributed by atoms with Crippen molar-refractivity contribution in [3.05, 3.63) is 53.6 Å². The zero-order valence-electron chi connectivity index (χ0n) is 16.5. The summed E-state index contributed by atoms with van der Waals surface area (Å²) in [6.07, 6.45) is 2.41. The fourth-order valence-corrected chi connectivity index (χ4v) is 3.50. The number of unbranched alkanes of at least 4 members (excludes halogenated alkanes) is 1. The van der Waals surface area contributed by atoms with Crippen LogP contribution in [0.3, 0.4) is 0 Å². The maximum Gasteiger partial charge on any atom is 0.237 e. The second-order valence-electron chi connectivity index (χ2n) is 6.75. The summed E-state index contributed by atoms with van der Waals surface area (Å²) in [5.41, 5.74) is 3.78. The molecule has 0 bridgehead atoms. The summed E-state index contributed by atoms with van der Waals surface area (Å²) in [7, 11) is 0. The molecule has 0 radical (unpaired) electrons. The van der Waals surface area contributed by atoms with Crippen LogP contribution >= 0.6 is 11.8 Å². The number of carbonyl (C=O) groups is 2. The van der Waals surface area contributed by atoms with Crippen molar-refractivity contribution in [1.82, 2.24) is 0 Å². The fraction of sp³-hybridized carbons (Fsp3) is 0.364. The van der Waals surface area contributed by atoms with E-state index in [4.69, 9.17) is 0 Å². The van der Waals surface area contributed by atoms with E-state index >= 15 is 0 Å². The molecular formula is C22H28N2O2S. The second kappa shape index (κ2) is 10.2. The molecule has 2 aromatic carbocycles. The van der Waals surface area contributed by atoms with Gasteiger partial charge in [-0.25, -0.2) is 0 Å². The summed E-state index contributed by atoms with van der Waals surface area (Å²) in [5, 5.41) is 5.68. The minimum Gasteiger partial charge on any atom is -0.326 e. The van der Waals surface area contributed by atoms with Crippen molar-refractivity contribution in [3.8, 4) is 0 Å². The van der Waals surface area contributed by atoms with Gasteiger partial charge in [0.15, 0.2) is 0 Å². The molecule has 0 aliphatic carbocycles. The van der Waals surface area contributed by atoms with E-state index in [1.165, 1.54) is 11.8 Å². The van der Waals surface area contributed by atoms with Crippen molar-refractivity contribution in [2.75, 3.05) is 10.6 Å². The summed E-state index contributed by atoms with van der Waals surface area (Å²) < 4.78 is 0. The largest absolute Gasteiger partial charge is 0.326 e. The Morgan fingerprint density at radius 1 is 1.07 bits per heavy atom. The highest BCUT2D eigenvalue weighted by Gasteiger charge is 2.16. The van der Waals surface area contributed by atoms with Gasteiger partial charge in [-0.05, 0) is 62.6 Å². The first-order chi connectivity index (χ1) is 12.9. The summed E-state index contributed by atoms with van der Waals surface area (Å²) in [6.45, 7) is 7.94. The Bertz CT molecular complexity index is 805. The Hall–Kier alpha value is -2.27. The van der Waals surface area contributed by atoms with Crippen molar-refractivity contribution in [2.24, 2.45) is 0 Å². The van der Waals surface area contributed by atoms with Crippen molar-refractivity contribution in [1.29, 1.82) is 0 Å². The molecule has 2 amide bonds. The smallest absolute Gasteiger partial charge is 0.237 e. The van der Waals surface area contributed by atoms with E-state index in [0.717, 1.165) is 40.2 Å². The van der Waals surface area contributed by atoms with E-state index in [-0.39, 0.29) is 17.1 Å². The summed E-state index contributed by atoms with van der Waals surface area (Å²) >= 11 is 1.48. The van der Waals surface area contributed by atoms with Crippen LogP contribution in [0.4, 0.5) is 11.4 Å². The lowest BCUT2D eigenvalue weighted by Gasteiger charge is -2.15. The first-order valence-corrected chi connectivity index (χ1v) is 10.2. The fourth-order valence-electron chi connectivity index (χ4n) is 2.57. The molecule has 2 N–H and O–H groups in total. The van der Waals surface area contributed by atoms with Gasteiger partial charge in [0.2, 0.25) is 11.8 Å². The molecule has 0 saturated heterocycles. The van der Waals surface area contributed by atoms with Crippen molar-refractivity contribution in [2.45, 2.75) is 57.1 Å². The summed E-state index contributed by atoms with van der Waals surface area (Å²) in [5.74, 6) is -0.00852. The van der Waals surface area contributed by atoms with Crippen LogP contribution in [0.1, 0.15) is 44.2 Å². The van der Waals surface area contributed by atoms with Crippen LogP contribution in [0.2, 0.25) is 0 Å². The zero-order chi connectivity index (χ0) is 19.8. The van der Waals surface area contributed by atoms with E-state index in [0.29, 0.717) is 6.42 Å². The standard InChI is InChI=1S/C22H28N2O2S/c1-5-6-10-21(25)23-18-8-7-9-19(14-18)27-17(4)22(26)24-20-13-15(2)11-12-16(20)3/h7-9,11-14,17H,5-6,10H2,1-4H3,(H,23,25)(H,24,26). The molecule has 2 aromatic rings. The molecule has 0 fully saturated rings. The quantitative estimate of drug-likeness (QED) is 0.587. The van der Waals surface area contributed by atoms with Gasteiger partial charge in [0, 0.05) is 22.7 Å². The number of anilines is 2. The van der Waals surface area contributed by atoms with Crippen molar-refractivity contribution >= 4 is 35.0 Å². The lowest BCUT2D eigenvalue weighted by Crippen LogP contribution is -2.22. The van der Waals surface area contributed by atoms with Crippen LogP contribution in [0.15, 0.2) is 47.4 Å². The number of hydrogen-bond acceptors (Lipinski definition) is 3. The number of rotatable bonds is 8. The first kappa shape index (κ1) is 21.0. The van der Waals surface area contributed by atoms with Gasteiger partial charge in [0.05, 0.1) is 5.25 Å². The van der Waals surface area contributed by atoms with Gasteiger partial charge in [-0.15, -0.1) is 11.8 Å². The van der Waals surface area contributed by atoms with Gasteiger partial charge in [0.25, 0.3) is 0 Å². The van der Waals surface area contributed by atoms with Crippen LogP contribution in [-0.4, -0.2) is 17.1 Å². The Balaban J connectivity index is 1.97. The maximum atomic E-state index is 12.6. The van der Waals surface area contributed by atoms with Crippen LogP contribution in [-0.2, 0) is 9.59 Å². The molecule has 0 saturated carbocycles. The van der Waals surface area contributed by atoms with Crippen molar-refractivity contribution < 1.29 is 9.59 Å². The number of thioether (sulfide) groups is 1. The van der Waals surface area contributed by atoms with Gasteiger partial charge in [-0.2, -0.15) is 0 Å².